The molecule has 1 amide bonds. The van der Waals surface area contributed by atoms with Gasteiger partial charge in [-0.25, -0.2) is 4.39 Å². The SMILES string of the molecule is COc1ccc(N2C(=S)N[C@@H](c3ccccn3)[C@@H]2c2cccn2-c2ccc(F)c(Cl)c2)cc1NC(C)=O. The van der Waals surface area contributed by atoms with Crippen LogP contribution in [0.25, 0.3) is 5.69 Å². The number of aromatic nitrogens is 2. The number of anilines is 2. The molecular weight excluding hydrogens is 513 g/mol. The van der Waals surface area contributed by atoms with E-state index in [0.717, 1.165) is 17.1 Å². The van der Waals surface area contributed by atoms with Gasteiger partial charge in [-0.1, -0.05) is 17.7 Å². The molecule has 5 rings (SSSR count). The van der Waals surface area contributed by atoms with E-state index in [1.54, 1.807) is 31.5 Å². The first-order valence-corrected chi connectivity index (χ1v) is 12.2. The van der Waals surface area contributed by atoms with Crippen LogP contribution in [0.1, 0.15) is 30.4 Å². The van der Waals surface area contributed by atoms with Crippen LogP contribution < -0.4 is 20.3 Å². The van der Waals surface area contributed by atoms with Gasteiger partial charge in [0.2, 0.25) is 5.91 Å². The number of methoxy groups -OCH3 is 1. The third-order valence-electron chi connectivity index (χ3n) is 6.13. The summed E-state index contributed by atoms with van der Waals surface area (Å²) in [6.45, 7) is 1.44. The highest BCUT2D eigenvalue weighted by Crippen LogP contribution is 2.44. The number of thiocarbonyl (C=S) groups is 1. The number of benzene rings is 2. The van der Waals surface area contributed by atoms with E-state index in [9.17, 15) is 9.18 Å². The predicted octanol–water partition coefficient (Wildman–Crippen LogP) is 5.81. The van der Waals surface area contributed by atoms with Gasteiger partial charge in [-0.3, -0.25) is 9.78 Å². The van der Waals surface area contributed by atoms with E-state index in [1.807, 2.05) is 58.1 Å². The van der Waals surface area contributed by atoms with Gasteiger partial charge < -0.3 is 24.8 Å². The maximum absolute atomic E-state index is 13.9. The van der Waals surface area contributed by atoms with Gasteiger partial charge in [0, 0.05) is 36.4 Å². The van der Waals surface area contributed by atoms with Gasteiger partial charge in [0.25, 0.3) is 0 Å². The van der Waals surface area contributed by atoms with Crippen molar-refractivity contribution in [1.82, 2.24) is 14.9 Å². The second-order valence-corrected chi connectivity index (χ2v) is 9.26. The predicted molar refractivity (Wildman–Crippen MR) is 146 cm³/mol. The van der Waals surface area contributed by atoms with Crippen molar-refractivity contribution < 1.29 is 13.9 Å². The molecular formula is C27H23ClFN5O2S. The summed E-state index contributed by atoms with van der Waals surface area (Å²) in [5.41, 5.74) is 3.66. The molecule has 188 valence electrons. The van der Waals surface area contributed by atoms with Gasteiger partial charge in [0.15, 0.2) is 5.11 Å². The Hall–Kier alpha value is -3.95. The Morgan fingerprint density at radius 1 is 1.14 bits per heavy atom. The Labute approximate surface area is 223 Å². The standard InChI is InChI=1S/C27H23ClFN5O2S/c1-16(35)31-22-15-18(9-11-24(22)36-2)34-26(25(32-27(34)37)21-6-3-4-12-30-21)23-7-5-13-33(23)17-8-10-20(29)19(28)14-17/h3-15,25-26H,1-2H3,(H,31,35)(H,32,37)/t25-,26-/m0/s1. The summed E-state index contributed by atoms with van der Waals surface area (Å²) in [7, 11) is 1.54. The van der Waals surface area contributed by atoms with Crippen molar-refractivity contribution in [1.29, 1.82) is 0 Å². The zero-order valence-electron chi connectivity index (χ0n) is 20.0. The molecule has 3 heterocycles. The monoisotopic (exact) mass is 535 g/mol. The summed E-state index contributed by atoms with van der Waals surface area (Å²) in [5, 5.41) is 6.77. The van der Waals surface area contributed by atoms with E-state index in [2.05, 4.69) is 15.6 Å². The van der Waals surface area contributed by atoms with E-state index in [0.29, 0.717) is 22.2 Å². The molecule has 10 heteroatoms. The van der Waals surface area contributed by atoms with Gasteiger partial charge >= 0.3 is 0 Å². The Kier molecular flexibility index (Phi) is 6.82. The molecule has 1 aliphatic rings. The number of amides is 1. The summed E-state index contributed by atoms with van der Waals surface area (Å²) >= 11 is 11.9. The van der Waals surface area contributed by atoms with Crippen LogP contribution in [0.15, 0.2) is 79.1 Å². The van der Waals surface area contributed by atoms with E-state index in [1.165, 1.54) is 13.0 Å². The zero-order chi connectivity index (χ0) is 26.1. The fourth-order valence-corrected chi connectivity index (χ4v) is 5.09. The van der Waals surface area contributed by atoms with Crippen LogP contribution in [0, 0.1) is 5.82 Å². The lowest BCUT2D eigenvalue weighted by atomic mass is 10.0. The minimum Gasteiger partial charge on any atom is -0.495 e. The highest BCUT2D eigenvalue weighted by molar-refractivity contribution is 7.80. The third-order valence-corrected chi connectivity index (χ3v) is 6.74. The van der Waals surface area contributed by atoms with Crippen molar-refractivity contribution in [2.75, 3.05) is 17.3 Å². The molecule has 2 aromatic heterocycles. The number of carbonyl (C=O) groups excluding carboxylic acids is 1. The number of hydrogen-bond acceptors (Lipinski definition) is 4. The number of pyridine rings is 1. The van der Waals surface area contributed by atoms with Crippen molar-refractivity contribution >= 4 is 46.2 Å². The Bertz CT molecular complexity index is 1480. The first kappa shape index (κ1) is 24.7. The largest absolute Gasteiger partial charge is 0.495 e. The van der Waals surface area contributed by atoms with Crippen LogP contribution in [-0.2, 0) is 4.79 Å². The van der Waals surface area contributed by atoms with Crippen molar-refractivity contribution in [2.45, 2.75) is 19.0 Å². The molecule has 2 N–H and O–H groups in total. The maximum atomic E-state index is 13.9. The number of rotatable bonds is 6. The number of halogens is 2. The molecule has 7 nitrogen and oxygen atoms in total. The fourth-order valence-electron chi connectivity index (χ4n) is 4.57. The highest BCUT2D eigenvalue weighted by atomic mass is 35.5. The van der Waals surface area contributed by atoms with Crippen LogP contribution in [-0.4, -0.2) is 27.7 Å². The lowest BCUT2D eigenvalue weighted by Crippen LogP contribution is -2.30. The number of ether oxygens (including phenoxy) is 1. The van der Waals surface area contributed by atoms with Gasteiger partial charge in [0.1, 0.15) is 17.6 Å². The molecule has 4 aromatic rings. The van der Waals surface area contributed by atoms with E-state index >= 15 is 0 Å². The molecule has 0 spiro atoms. The summed E-state index contributed by atoms with van der Waals surface area (Å²) in [6, 6.07) is 19.1. The fraction of sp³-hybridized carbons (Fsp3) is 0.148. The summed E-state index contributed by atoms with van der Waals surface area (Å²) in [4.78, 5) is 18.4. The summed E-state index contributed by atoms with van der Waals surface area (Å²) in [5.74, 6) is -0.179. The molecule has 1 aliphatic heterocycles. The molecule has 0 radical (unpaired) electrons. The molecule has 1 fully saturated rings. The topological polar surface area (TPSA) is 71.4 Å². The van der Waals surface area contributed by atoms with Gasteiger partial charge in [-0.15, -0.1) is 0 Å². The molecule has 0 saturated carbocycles. The molecule has 0 aliphatic carbocycles. The first-order valence-electron chi connectivity index (χ1n) is 11.5. The average molecular weight is 536 g/mol. The van der Waals surface area contributed by atoms with E-state index in [4.69, 9.17) is 28.6 Å². The molecule has 2 atom stereocenters. The minimum absolute atomic E-state index is 0.0328. The molecule has 0 bridgehead atoms. The van der Waals surface area contributed by atoms with Gasteiger partial charge in [-0.05, 0) is 72.9 Å². The Morgan fingerprint density at radius 2 is 1.95 bits per heavy atom. The third kappa shape index (κ3) is 4.75. The number of carbonyl (C=O) groups is 1. The van der Waals surface area contributed by atoms with E-state index < -0.39 is 5.82 Å². The number of nitrogens with one attached hydrogen (secondary N) is 2. The Balaban J connectivity index is 1.67. The smallest absolute Gasteiger partial charge is 0.221 e. The lowest BCUT2D eigenvalue weighted by Gasteiger charge is -2.29. The van der Waals surface area contributed by atoms with Crippen LogP contribution in [0.3, 0.4) is 0 Å². The summed E-state index contributed by atoms with van der Waals surface area (Å²) in [6.07, 6.45) is 3.63. The average Bonchev–Trinajstić information content (AvgIpc) is 3.50. The minimum atomic E-state index is -0.487. The molecule has 1 saturated heterocycles. The van der Waals surface area contributed by atoms with Crippen LogP contribution in [0.2, 0.25) is 5.02 Å². The van der Waals surface area contributed by atoms with Gasteiger partial charge in [-0.2, -0.15) is 0 Å². The van der Waals surface area contributed by atoms with E-state index in [-0.39, 0.29) is 23.0 Å². The second-order valence-electron chi connectivity index (χ2n) is 8.46. The van der Waals surface area contributed by atoms with Crippen molar-refractivity contribution in [3.8, 4) is 11.4 Å². The van der Waals surface area contributed by atoms with Crippen LogP contribution in [0.4, 0.5) is 15.8 Å². The van der Waals surface area contributed by atoms with Gasteiger partial charge in [0.05, 0.1) is 29.6 Å². The molecule has 2 aromatic carbocycles. The number of hydrogen-bond donors (Lipinski definition) is 2. The molecule has 0 unspecified atom stereocenters. The normalized spacial score (nSPS) is 17.0. The lowest BCUT2D eigenvalue weighted by molar-refractivity contribution is -0.114. The first-order chi connectivity index (χ1) is 17.9. The summed E-state index contributed by atoms with van der Waals surface area (Å²) < 4.78 is 21.3. The van der Waals surface area contributed by atoms with Crippen LogP contribution in [0.5, 0.6) is 5.75 Å². The second kappa shape index (κ2) is 10.2. The van der Waals surface area contributed by atoms with Crippen molar-refractivity contribution in [3.05, 3.63) is 101 Å². The van der Waals surface area contributed by atoms with Crippen LogP contribution >= 0.6 is 23.8 Å². The van der Waals surface area contributed by atoms with Crippen molar-refractivity contribution in [2.24, 2.45) is 0 Å². The highest BCUT2D eigenvalue weighted by Gasteiger charge is 2.42. The maximum Gasteiger partial charge on any atom is 0.221 e. The zero-order valence-corrected chi connectivity index (χ0v) is 21.6. The Morgan fingerprint density at radius 3 is 2.65 bits per heavy atom. The number of nitrogens with zero attached hydrogens (tertiary/aromatic N) is 3. The van der Waals surface area contributed by atoms with Crippen molar-refractivity contribution in [3.63, 3.8) is 0 Å². The quantitative estimate of drug-likeness (QED) is 0.304. The molecule has 37 heavy (non-hydrogen) atoms.